The highest BCUT2D eigenvalue weighted by Gasteiger charge is 2.15. The van der Waals surface area contributed by atoms with Crippen LogP contribution < -0.4 is 10.6 Å². The van der Waals surface area contributed by atoms with Crippen LogP contribution in [0, 0.1) is 6.92 Å². The zero-order valence-corrected chi connectivity index (χ0v) is 14.1. The molecule has 0 saturated heterocycles. The Bertz CT molecular complexity index is 620. The van der Waals surface area contributed by atoms with Gasteiger partial charge in [-0.2, -0.15) is 4.98 Å². The quantitative estimate of drug-likeness (QED) is 0.874. The van der Waals surface area contributed by atoms with Crippen LogP contribution in [0.2, 0.25) is 0 Å². The van der Waals surface area contributed by atoms with Gasteiger partial charge < -0.3 is 10.6 Å². The maximum atomic E-state index is 6.18. The molecule has 0 amide bonds. The Morgan fingerprint density at radius 2 is 1.73 bits per heavy atom. The van der Waals surface area contributed by atoms with Gasteiger partial charge in [0.1, 0.15) is 5.82 Å². The molecule has 118 valence electrons. The number of hydrogen-bond donors (Lipinski definition) is 1. The van der Waals surface area contributed by atoms with Crippen molar-refractivity contribution in [1.82, 2.24) is 9.97 Å². The molecule has 1 aromatic heterocycles. The minimum absolute atomic E-state index is 0.613. The van der Waals surface area contributed by atoms with E-state index in [1.54, 1.807) is 0 Å². The number of nitrogens with two attached hydrogens (primary N) is 1. The molecule has 0 saturated carbocycles. The van der Waals surface area contributed by atoms with Crippen molar-refractivity contribution in [2.75, 3.05) is 17.2 Å². The Morgan fingerprint density at radius 1 is 1.05 bits per heavy atom. The molecule has 0 bridgehead atoms. The zero-order chi connectivity index (χ0) is 16.1. The third kappa shape index (κ3) is 3.38. The van der Waals surface area contributed by atoms with Crippen LogP contribution >= 0.6 is 0 Å². The highest BCUT2D eigenvalue weighted by Crippen LogP contribution is 2.26. The smallest absolute Gasteiger partial charge is 0.232 e. The van der Waals surface area contributed by atoms with Crippen LogP contribution in [0.3, 0.4) is 0 Å². The van der Waals surface area contributed by atoms with E-state index in [2.05, 4.69) is 61.8 Å². The van der Waals surface area contributed by atoms with Crippen LogP contribution in [0.1, 0.15) is 44.0 Å². The van der Waals surface area contributed by atoms with E-state index < -0.39 is 0 Å². The molecular formula is C18H26N4. The summed E-state index contributed by atoms with van der Waals surface area (Å²) >= 11 is 0. The third-order valence-corrected chi connectivity index (χ3v) is 3.86. The Hall–Kier alpha value is -2.10. The van der Waals surface area contributed by atoms with E-state index in [-0.39, 0.29) is 0 Å². The topological polar surface area (TPSA) is 55.0 Å². The summed E-state index contributed by atoms with van der Waals surface area (Å²) in [6.45, 7) is 9.26. The predicted molar refractivity (Wildman–Crippen MR) is 93.7 cm³/mol. The Balaban J connectivity index is 2.46. The number of nitrogen functional groups attached to an aromatic ring is 1. The van der Waals surface area contributed by atoms with Crippen molar-refractivity contribution < 1.29 is 0 Å². The fourth-order valence-corrected chi connectivity index (χ4v) is 2.65. The first-order valence-electron chi connectivity index (χ1n) is 8.10. The molecule has 0 fully saturated rings. The highest BCUT2D eigenvalue weighted by atomic mass is 15.3. The molecule has 0 unspecified atom stereocenters. The molecule has 0 spiro atoms. The van der Waals surface area contributed by atoms with Gasteiger partial charge in [-0.3, -0.25) is 0 Å². The minimum Gasteiger partial charge on any atom is -0.383 e. The molecule has 1 aromatic carbocycles. The van der Waals surface area contributed by atoms with E-state index in [4.69, 9.17) is 10.7 Å². The van der Waals surface area contributed by atoms with Gasteiger partial charge >= 0.3 is 0 Å². The van der Waals surface area contributed by atoms with E-state index in [0.717, 1.165) is 42.8 Å². The lowest BCUT2D eigenvalue weighted by Gasteiger charge is -2.23. The molecule has 2 aromatic rings. The Labute approximate surface area is 133 Å². The van der Waals surface area contributed by atoms with E-state index in [1.807, 2.05) is 0 Å². The van der Waals surface area contributed by atoms with Crippen LogP contribution in [0.25, 0.3) is 0 Å². The number of aryl methyl sites for hydroxylation is 2. The third-order valence-electron chi connectivity index (χ3n) is 3.86. The summed E-state index contributed by atoms with van der Waals surface area (Å²) in [6, 6.07) is 8.42. The number of anilines is 3. The standard InChI is InChI=1S/C18H26N4/c1-5-8-16-15(6-2)17(19)21-18(20-16)22(7-3)14-11-9-13(4)10-12-14/h9-12H,5-8H2,1-4H3,(H2,19,20,21). The molecule has 2 rings (SSSR count). The maximum absolute atomic E-state index is 6.18. The van der Waals surface area contributed by atoms with Crippen molar-refractivity contribution in [3.63, 3.8) is 0 Å². The van der Waals surface area contributed by atoms with Gasteiger partial charge in [-0.1, -0.05) is 38.0 Å². The summed E-state index contributed by atoms with van der Waals surface area (Å²) in [5.74, 6) is 1.31. The normalized spacial score (nSPS) is 10.7. The van der Waals surface area contributed by atoms with Crippen molar-refractivity contribution in [3.8, 4) is 0 Å². The minimum atomic E-state index is 0.613. The van der Waals surface area contributed by atoms with Gasteiger partial charge in [-0.25, -0.2) is 4.98 Å². The first-order chi connectivity index (χ1) is 10.6. The highest BCUT2D eigenvalue weighted by molar-refractivity contribution is 5.60. The van der Waals surface area contributed by atoms with Crippen LogP contribution in [0.4, 0.5) is 17.5 Å². The van der Waals surface area contributed by atoms with Gasteiger partial charge in [0, 0.05) is 17.8 Å². The number of rotatable bonds is 6. The fourth-order valence-electron chi connectivity index (χ4n) is 2.65. The van der Waals surface area contributed by atoms with Crippen LogP contribution in [-0.2, 0) is 12.8 Å². The monoisotopic (exact) mass is 298 g/mol. The predicted octanol–water partition coefficient (Wildman–Crippen LogP) is 4.04. The van der Waals surface area contributed by atoms with E-state index >= 15 is 0 Å². The zero-order valence-electron chi connectivity index (χ0n) is 14.1. The Morgan fingerprint density at radius 3 is 2.27 bits per heavy atom. The lowest BCUT2D eigenvalue weighted by molar-refractivity contribution is 0.831. The molecule has 0 aliphatic rings. The van der Waals surface area contributed by atoms with Crippen molar-refractivity contribution >= 4 is 17.5 Å². The lowest BCUT2D eigenvalue weighted by atomic mass is 10.1. The summed E-state index contributed by atoms with van der Waals surface area (Å²) in [7, 11) is 0. The molecule has 4 heteroatoms. The summed E-state index contributed by atoms with van der Waals surface area (Å²) in [4.78, 5) is 11.5. The second-order valence-electron chi connectivity index (χ2n) is 5.52. The van der Waals surface area contributed by atoms with Gasteiger partial charge in [-0.15, -0.1) is 0 Å². The summed E-state index contributed by atoms with van der Waals surface area (Å²) in [5, 5.41) is 0. The number of aromatic nitrogens is 2. The van der Waals surface area contributed by atoms with Gasteiger partial charge in [0.2, 0.25) is 5.95 Å². The first-order valence-corrected chi connectivity index (χ1v) is 8.10. The molecular weight excluding hydrogens is 272 g/mol. The average Bonchev–Trinajstić information content (AvgIpc) is 2.50. The summed E-state index contributed by atoms with van der Waals surface area (Å²) in [5.41, 5.74) is 10.7. The van der Waals surface area contributed by atoms with Crippen molar-refractivity contribution in [2.24, 2.45) is 0 Å². The molecule has 1 heterocycles. The van der Waals surface area contributed by atoms with Crippen LogP contribution in [0.15, 0.2) is 24.3 Å². The van der Waals surface area contributed by atoms with Crippen molar-refractivity contribution in [1.29, 1.82) is 0 Å². The first kappa shape index (κ1) is 16.3. The Kier molecular flexibility index (Phi) is 5.36. The second-order valence-corrected chi connectivity index (χ2v) is 5.52. The van der Waals surface area contributed by atoms with Gasteiger partial charge in [-0.05, 0) is 38.8 Å². The molecule has 2 N–H and O–H groups in total. The summed E-state index contributed by atoms with van der Waals surface area (Å²) < 4.78 is 0. The number of benzene rings is 1. The van der Waals surface area contributed by atoms with Crippen molar-refractivity contribution in [3.05, 3.63) is 41.1 Å². The van der Waals surface area contributed by atoms with Gasteiger partial charge in [0.15, 0.2) is 0 Å². The average molecular weight is 298 g/mol. The maximum Gasteiger partial charge on any atom is 0.232 e. The lowest BCUT2D eigenvalue weighted by Crippen LogP contribution is -2.21. The van der Waals surface area contributed by atoms with Gasteiger partial charge in [0.25, 0.3) is 0 Å². The van der Waals surface area contributed by atoms with E-state index in [0.29, 0.717) is 11.8 Å². The van der Waals surface area contributed by atoms with Gasteiger partial charge in [0.05, 0.1) is 5.69 Å². The van der Waals surface area contributed by atoms with Crippen molar-refractivity contribution in [2.45, 2.75) is 47.0 Å². The summed E-state index contributed by atoms with van der Waals surface area (Å²) in [6.07, 6.45) is 2.87. The van der Waals surface area contributed by atoms with Crippen LogP contribution in [-0.4, -0.2) is 16.5 Å². The molecule has 0 aliphatic heterocycles. The SMILES string of the molecule is CCCc1nc(N(CC)c2ccc(C)cc2)nc(N)c1CC. The molecule has 22 heavy (non-hydrogen) atoms. The molecule has 0 aliphatic carbocycles. The van der Waals surface area contributed by atoms with E-state index in [1.165, 1.54) is 5.56 Å². The van der Waals surface area contributed by atoms with E-state index in [9.17, 15) is 0 Å². The second kappa shape index (κ2) is 7.25. The number of nitrogens with zero attached hydrogens (tertiary/aromatic N) is 3. The molecule has 0 radical (unpaired) electrons. The van der Waals surface area contributed by atoms with Crippen LogP contribution in [0.5, 0.6) is 0 Å². The largest absolute Gasteiger partial charge is 0.383 e. The molecule has 0 atom stereocenters. The number of hydrogen-bond acceptors (Lipinski definition) is 4. The molecule has 4 nitrogen and oxygen atoms in total. The fraction of sp³-hybridized carbons (Fsp3) is 0.444.